The summed E-state index contributed by atoms with van der Waals surface area (Å²) in [4.78, 5) is 0. The van der Waals surface area contributed by atoms with Crippen LogP contribution in [-0.4, -0.2) is 32.8 Å². The molecule has 6 N–H and O–H groups in total. The van der Waals surface area contributed by atoms with Crippen LogP contribution in [-0.2, 0) is 0 Å². The predicted octanol–water partition coefficient (Wildman–Crippen LogP) is 0.406. The van der Waals surface area contributed by atoms with Crippen molar-refractivity contribution >= 4 is 11.6 Å². The van der Waals surface area contributed by atoms with E-state index in [2.05, 4.69) is 0 Å². The maximum atomic E-state index is 9.25. The summed E-state index contributed by atoms with van der Waals surface area (Å²) >= 11 is 5.97. The third kappa shape index (κ3) is 3.24. The molecule has 0 bridgehead atoms. The summed E-state index contributed by atoms with van der Waals surface area (Å²) in [5.41, 5.74) is 5.98. The van der Waals surface area contributed by atoms with E-state index < -0.39 is 17.7 Å². The Morgan fingerprint density at radius 1 is 1.19 bits per heavy atom. The monoisotopic (exact) mass is 247 g/mol. The quantitative estimate of drug-likeness (QED) is 0.301. The summed E-state index contributed by atoms with van der Waals surface area (Å²) in [5, 5.41) is 35.4. The van der Waals surface area contributed by atoms with Crippen molar-refractivity contribution in [1.29, 1.82) is 0 Å². The van der Waals surface area contributed by atoms with Gasteiger partial charge in [-0.3, -0.25) is 0 Å². The van der Waals surface area contributed by atoms with Gasteiger partial charge in [-0.1, -0.05) is 6.07 Å². The summed E-state index contributed by atoms with van der Waals surface area (Å²) in [6, 6.07) is 3.28. The molecule has 0 saturated carbocycles. The van der Waals surface area contributed by atoms with Crippen molar-refractivity contribution in [3.63, 3.8) is 0 Å². The number of aliphatic hydroxyl groups excluding tert-OH is 1. The zero-order valence-corrected chi connectivity index (χ0v) is 9.17. The van der Waals surface area contributed by atoms with E-state index in [0.29, 0.717) is 5.56 Å². The lowest BCUT2D eigenvalue weighted by molar-refractivity contribution is -0.0597. The molecular formula is C10H14ClNO4. The Bertz CT molecular complexity index is 359. The number of aliphatic hydroxyl groups is 2. The molecule has 0 aromatic heterocycles. The van der Waals surface area contributed by atoms with Crippen molar-refractivity contribution in [2.45, 2.75) is 24.1 Å². The maximum Gasteiger partial charge on any atom is 0.166 e. The highest BCUT2D eigenvalue weighted by Crippen LogP contribution is 2.32. The number of hydrogen-bond acceptors (Lipinski definition) is 5. The Labute approximate surface area is 97.7 Å². The number of phenolic OH excluding ortho intramolecular Hbond substituents is 2. The number of benzene rings is 1. The average Bonchev–Trinajstić information content (AvgIpc) is 2.21. The summed E-state index contributed by atoms with van der Waals surface area (Å²) in [5.74, 6) is -0.514. The van der Waals surface area contributed by atoms with Gasteiger partial charge in [0.15, 0.2) is 17.8 Å². The molecule has 0 aliphatic heterocycles. The molecule has 0 aliphatic rings. The summed E-state index contributed by atoms with van der Waals surface area (Å²) in [7, 11) is 0. The van der Waals surface area contributed by atoms with Crippen molar-refractivity contribution in [3.8, 4) is 11.5 Å². The molecule has 1 unspecified atom stereocenters. The SMILES string of the molecule is N[C@@H](CC(Cl)c1ccc(O)c(O)c1)C(O)O. The molecule has 0 spiro atoms. The molecule has 0 amide bonds. The van der Waals surface area contributed by atoms with Gasteiger partial charge in [0.05, 0.1) is 11.4 Å². The Morgan fingerprint density at radius 2 is 1.81 bits per heavy atom. The van der Waals surface area contributed by atoms with Gasteiger partial charge in [-0.2, -0.15) is 0 Å². The molecule has 5 nitrogen and oxygen atoms in total. The van der Waals surface area contributed by atoms with Gasteiger partial charge in [-0.15, -0.1) is 11.6 Å². The van der Waals surface area contributed by atoms with Gasteiger partial charge >= 0.3 is 0 Å². The number of phenols is 2. The number of aromatic hydroxyl groups is 2. The van der Waals surface area contributed by atoms with E-state index in [-0.39, 0.29) is 17.9 Å². The van der Waals surface area contributed by atoms with Gasteiger partial charge < -0.3 is 26.2 Å². The predicted molar refractivity (Wildman–Crippen MR) is 59.2 cm³/mol. The molecular weight excluding hydrogens is 234 g/mol. The van der Waals surface area contributed by atoms with E-state index in [1.165, 1.54) is 18.2 Å². The van der Waals surface area contributed by atoms with E-state index in [9.17, 15) is 5.11 Å². The Kier molecular flexibility index (Phi) is 4.37. The fraction of sp³-hybridized carbons (Fsp3) is 0.400. The molecule has 0 fully saturated rings. The van der Waals surface area contributed by atoms with Crippen LogP contribution in [0.3, 0.4) is 0 Å². The minimum absolute atomic E-state index is 0.142. The fourth-order valence-corrected chi connectivity index (χ4v) is 1.57. The second-order valence-corrected chi connectivity index (χ2v) is 4.06. The maximum absolute atomic E-state index is 9.25. The lowest BCUT2D eigenvalue weighted by Crippen LogP contribution is -2.35. The van der Waals surface area contributed by atoms with E-state index >= 15 is 0 Å². The molecule has 0 radical (unpaired) electrons. The zero-order valence-electron chi connectivity index (χ0n) is 8.42. The smallest absolute Gasteiger partial charge is 0.166 e. The van der Waals surface area contributed by atoms with Gasteiger partial charge in [0.2, 0.25) is 0 Å². The van der Waals surface area contributed by atoms with Gasteiger partial charge in [-0.05, 0) is 24.1 Å². The van der Waals surface area contributed by atoms with Gasteiger partial charge in [0.1, 0.15) is 0 Å². The highest BCUT2D eigenvalue weighted by Gasteiger charge is 2.18. The number of halogens is 1. The van der Waals surface area contributed by atoms with Crippen LogP contribution in [0.2, 0.25) is 0 Å². The van der Waals surface area contributed by atoms with Crippen molar-refractivity contribution < 1.29 is 20.4 Å². The number of nitrogens with two attached hydrogens (primary N) is 1. The van der Waals surface area contributed by atoms with Crippen molar-refractivity contribution in [2.24, 2.45) is 5.73 Å². The van der Waals surface area contributed by atoms with Crippen LogP contribution in [0.15, 0.2) is 18.2 Å². The normalized spacial score (nSPS) is 15.1. The standard InChI is InChI=1S/C10H14ClNO4/c11-6(4-7(12)10(15)16)5-1-2-8(13)9(14)3-5/h1-3,6-7,10,13-16H,4,12H2/t6?,7-/m0/s1. The first-order valence-electron chi connectivity index (χ1n) is 4.69. The summed E-state index contributed by atoms with van der Waals surface area (Å²) in [6.07, 6.45) is -1.49. The van der Waals surface area contributed by atoms with Crippen molar-refractivity contribution in [1.82, 2.24) is 0 Å². The molecule has 0 aliphatic carbocycles. The third-order valence-corrected chi connectivity index (χ3v) is 2.65. The Hall–Kier alpha value is -1.01. The largest absolute Gasteiger partial charge is 0.504 e. The zero-order chi connectivity index (χ0) is 12.3. The molecule has 0 heterocycles. The molecule has 16 heavy (non-hydrogen) atoms. The molecule has 6 heteroatoms. The first-order chi connectivity index (χ1) is 7.41. The molecule has 1 aromatic rings. The van der Waals surface area contributed by atoms with Gasteiger partial charge in [-0.25, -0.2) is 0 Å². The van der Waals surface area contributed by atoms with Crippen LogP contribution in [0.5, 0.6) is 11.5 Å². The van der Waals surface area contributed by atoms with Crippen LogP contribution in [0.1, 0.15) is 17.4 Å². The lowest BCUT2D eigenvalue weighted by atomic mass is 10.0. The highest BCUT2D eigenvalue weighted by molar-refractivity contribution is 6.20. The van der Waals surface area contributed by atoms with Gasteiger partial charge in [0, 0.05) is 0 Å². The minimum atomic E-state index is -1.63. The number of rotatable bonds is 4. The highest BCUT2D eigenvalue weighted by atomic mass is 35.5. The van der Waals surface area contributed by atoms with Crippen LogP contribution in [0, 0.1) is 0 Å². The minimum Gasteiger partial charge on any atom is -0.504 e. The van der Waals surface area contributed by atoms with Gasteiger partial charge in [0.25, 0.3) is 0 Å². The van der Waals surface area contributed by atoms with Crippen molar-refractivity contribution in [3.05, 3.63) is 23.8 Å². The molecule has 0 saturated heterocycles. The van der Waals surface area contributed by atoms with Crippen LogP contribution < -0.4 is 5.73 Å². The molecule has 2 atom stereocenters. The van der Waals surface area contributed by atoms with E-state index in [0.717, 1.165) is 0 Å². The van der Waals surface area contributed by atoms with E-state index in [1.807, 2.05) is 0 Å². The van der Waals surface area contributed by atoms with Crippen LogP contribution in [0.4, 0.5) is 0 Å². The summed E-state index contributed by atoms with van der Waals surface area (Å²) < 4.78 is 0. The Morgan fingerprint density at radius 3 is 2.31 bits per heavy atom. The van der Waals surface area contributed by atoms with Crippen LogP contribution in [0.25, 0.3) is 0 Å². The third-order valence-electron chi connectivity index (χ3n) is 2.22. The first-order valence-corrected chi connectivity index (χ1v) is 5.13. The first kappa shape index (κ1) is 13.1. The van der Waals surface area contributed by atoms with Crippen molar-refractivity contribution in [2.75, 3.05) is 0 Å². The molecule has 1 rings (SSSR count). The summed E-state index contributed by atoms with van der Waals surface area (Å²) in [6.45, 7) is 0. The van der Waals surface area contributed by atoms with E-state index in [1.54, 1.807) is 0 Å². The fourth-order valence-electron chi connectivity index (χ4n) is 1.23. The average molecular weight is 248 g/mol. The lowest BCUT2D eigenvalue weighted by Gasteiger charge is -2.17. The van der Waals surface area contributed by atoms with E-state index in [4.69, 9.17) is 32.7 Å². The number of hydrogen-bond donors (Lipinski definition) is 5. The molecule has 90 valence electrons. The molecule has 1 aromatic carbocycles. The second kappa shape index (κ2) is 5.36. The van der Waals surface area contributed by atoms with Crippen LogP contribution >= 0.6 is 11.6 Å². The second-order valence-electron chi connectivity index (χ2n) is 3.53. The topological polar surface area (TPSA) is 107 Å². The number of alkyl halides is 1. The Balaban J connectivity index is 2.73.